The van der Waals surface area contributed by atoms with Crippen LogP contribution in [-0.4, -0.2) is 35.7 Å². The van der Waals surface area contributed by atoms with Crippen molar-refractivity contribution in [3.8, 4) is 5.69 Å². The Bertz CT molecular complexity index is 1090. The second kappa shape index (κ2) is 8.90. The number of rotatable bonds is 7. The molecule has 0 spiro atoms. The Labute approximate surface area is 170 Å². The van der Waals surface area contributed by atoms with Crippen LogP contribution in [0, 0.1) is 6.92 Å². The number of hydrogen-bond acceptors (Lipinski definition) is 5. The zero-order chi connectivity index (χ0) is 21.0. The third kappa shape index (κ3) is 4.16. The van der Waals surface area contributed by atoms with Crippen LogP contribution in [0.4, 0.5) is 5.95 Å². The maximum atomic E-state index is 13.5. The van der Waals surface area contributed by atoms with Gasteiger partial charge in [-0.3, -0.25) is 4.79 Å². The SMILES string of the molecule is CCCCN(CC)c1nc2cc(C(=O)OC)ccc2c(=O)n1-c1cccc(C)c1. The number of carbonyl (C=O) groups excluding carboxylic acids is 1. The molecule has 0 aliphatic rings. The second-order valence-electron chi connectivity index (χ2n) is 7.05. The van der Waals surface area contributed by atoms with E-state index in [1.807, 2.05) is 31.2 Å². The van der Waals surface area contributed by atoms with Crippen LogP contribution in [0.25, 0.3) is 16.6 Å². The number of benzene rings is 2. The number of ether oxygens (including phenoxy) is 1. The molecular weight excluding hydrogens is 366 g/mol. The average Bonchev–Trinajstić information content (AvgIpc) is 2.73. The molecule has 0 aliphatic heterocycles. The van der Waals surface area contributed by atoms with Crippen molar-refractivity contribution in [1.82, 2.24) is 9.55 Å². The van der Waals surface area contributed by atoms with Gasteiger partial charge in [-0.2, -0.15) is 0 Å². The Hall–Kier alpha value is -3.15. The van der Waals surface area contributed by atoms with E-state index in [1.54, 1.807) is 22.8 Å². The first-order chi connectivity index (χ1) is 14.0. The smallest absolute Gasteiger partial charge is 0.337 e. The van der Waals surface area contributed by atoms with E-state index in [0.29, 0.717) is 22.4 Å². The van der Waals surface area contributed by atoms with Gasteiger partial charge in [-0.25, -0.2) is 14.3 Å². The number of nitrogens with zero attached hydrogens (tertiary/aromatic N) is 3. The second-order valence-corrected chi connectivity index (χ2v) is 7.05. The van der Waals surface area contributed by atoms with Gasteiger partial charge in [-0.15, -0.1) is 0 Å². The predicted octanol–water partition coefficient (Wildman–Crippen LogP) is 4.11. The topological polar surface area (TPSA) is 64.4 Å². The van der Waals surface area contributed by atoms with Crippen LogP contribution in [0.5, 0.6) is 0 Å². The quantitative estimate of drug-likeness (QED) is 0.565. The molecule has 6 nitrogen and oxygen atoms in total. The molecule has 2 aromatic carbocycles. The number of methoxy groups -OCH3 is 1. The highest BCUT2D eigenvalue weighted by Gasteiger charge is 2.18. The molecule has 0 fully saturated rings. The molecule has 3 rings (SSSR count). The molecule has 0 unspecified atom stereocenters. The van der Waals surface area contributed by atoms with Crippen molar-refractivity contribution in [3.63, 3.8) is 0 Å². The van der Waals surface area contributed by atoms with Crippen molar-refractivity contribution in [2.75, 3.05) is 25.1 Å². The number of anilines is 1. The summed E-state index contributed by atoms with van der Waals surface area (Å²) in [5, 5.41) is 0.467. The molecule has 29 heavy (non-hydrogen) atoms. The van der Waals surface area contributed by atoms with Crippen LogP contribution in [0.2, 0.25) is 0 Å². The summed E-state index contributed by atoms with van der Waals surface area (Å²) in [6.07, 6.45) is 2.04. The van der Waals surface area contributed by atoms with Gasteiger partial charge >= 0.3 is 5.97 Å². The van der Waals surface area contributed by atoms with E-state index in [-0.39, 0.29) is 5.56 Å². The van der Waals surface area contributed by atoms with Gasteiger partial charge in [0.05, 0.1) is 29.3 Å². The molecule has 0 bridgehead atoms. The lowest BCUT2D eigenvalue weighted by molar-refractivity contribution is 0.0601. The third-order valence-electron chi connectivity index (χ3n) is 4.98. The lowest BCUT2D eigenvalue weighted by Gasteiger charge is -2.25. The molecular formula is C23H27N3O3. The first-order valence-electron chi connectivity index (χ1n) is 9.97. The molecule has 0 saturated heterocycles. The normalized spacial score (nSPS) is 10.9. The van der Waals surface area contributed by atoms with Gasteiger partial charge < -0.3 is 9.64 Å². The van der Waals surface area contributed by atoms with Crippen molar-refractivity contribution in [3.05, 3.63) is 63.9 Å². The molecule has 0 saturated carbocycles. The van der Waals surface area contributed by atoms with Gasteiger partial charge in [-0.05, 0) is 56.2 Å². The Morgan fingerprint density at radius 3 is 2.62 bits per heavy atom. The van der Waals surface area contributed by atoms with E-state index < -0.39 is 5.97 Å². The summed E-state index contributed by atoms with van der Waals surface area (Å²) in [5.41, 5.74) is 2.57. The van der Waals surface area contributed by atoms with Crippen LogP contribution in [0.15, 0.2) is 47.3 Å². The van der Waals surface area contributed by atoms with E-state index in [0.717, 1.165) is 37.2 Å². The predicted molar refractivity (Wildman–Crippen MR) is 116 cm³/mol. The number of unbranched alkanes of at least 4 members (excludes halogenated alkanes) is 1. The first-order valence-corrected chi connectivity index (χ1v) is 9.97. The highest BCUT2D eigenvalue weighted by molar-refractivity contribution is 5.94. The number of aromatic nitrogens is 2. The van der Waals surface area contributed by atoms with Crippen molar-refractivity contribution < 1.29 is 9.53 Å². The fourth-order valence-corrected chi connectivity index (χ4v) is 3.38. The minimum Gasteiger partial charge on any atom is -0.465 e. The number of fused-ring (bicyclic) bond motifs is 1. The summed E-state index contributed by atoms with van der Waals surface area (Å²) in [6.45, 7) is 7.71. The van der Waals surface area contributed by atoms with Crippen LogP contribution in [-0.2, 0) is 4.74 Å². The summed E-state index contributed by atoms with van der Waals surface area (Å²) in [7, 11) is 1.34. The lowest BCUT2D eigenvalue weighted by atomic mass is 10.1. The van der Waals surface area contributed by atoms with Gasteiger partial charge in [0, 0.05) is 13.1 Å². The summed E-state index contributed by atoms with van der Waals surface area (Å²) in [4.78, 5) is 32.4. The van der Waals surface area contributed by atoms with Crippen molar-refractivity contribution in [2.24, 2.45) is 0 Å². The van der Waals surface area contributed by atoms with Crippen LogP contribution in [0.3, 0.4) is 0 Å². The van der Waals surface area contributed by atoms with E-state index in [4.69, 9.17) is 9.72 Å². The van der Waals surface area contributed by atoms with Crippen molar-refractivity contribution >= 4 is 22.8 Å². The van der Waals surface area contributed by atoms with E-state index >= 15 is 0 Å². The van der Waals surface area contributed by atoms with Gasteiger partial charge in [-0.1, -0.05) is 25.5 Å². The van der Waals surface area contributed by atoms with E-state index in [9.17, 15) is 9.59 Å². The van der Waals surface area contributed by atoms with Crippen LogP contribution in [0.1, 0.15) is 42.6 Å². The molecule has 0 aliphatic carbocycles. The maximum absolute atomic E-state index is 13.5. The summed E-state index contributed by atoms with van der Waals surface area (Å²) >= 11 is 0. The van der Waals surface area contributed by atoms with Gasteiger partial charge in [0.2, 0.25) is 5.95 Å². The largest absolute Gasteiger partial charge is 0.465 e. The van der Waals surface area contributed by atoms with Gasteiger partial charge in [0.15, 0.2) is 0 Å². The van der Waals surface area contributed by atoms with E-state index in [2.05, 4.69) is 18.7 Å². The fourth-order valence-electron chi connectivity index (χ4n) is 3.38. The lowest BCUT2D eigenvalue weighted by Crippen LogP contribution is -2.33. The molecule has 1 heterocycles. The summed E-state index contributed by atoms with van der Waals surface area (Å²) < 4.78 is 6.49. The Morgan fingerprint density at radius 1 is 1.17 bits per heavy atom. The molecule has 152 valence electrons. The monoisotopic (exact) mass is 393 g/mol. The Kier molecular flexibility index (Phi) is 6.32. The van der Waals surface area contributed by atoms with Crippen molar-refractivity contribution in [2.45, 2.75) is 33.6 Å². The highest BCUT2D eigenvalue weighted by Crippen LogP contribution is 2.22. The third-order valence-corrected chi connectivity index (χ3v) is 4.98. The summed E-state index contributed by atoms with van der Waals surface area (Å²) in [6, 6.07) is 12.7. The first kappa shape index (κ1) is 20.6. The Balaban J connectivity index is 2.31. The fraction of sp³-hybridized carbons (Fsp3) is 0.348. The van der Waals surface area contributed by atoms with Crippen molar-refractivity contribution in [1.29, 1.82) is 0 Å². The minimum atomic E-state index is -0.448. The molecule has 0 N–H and O–H groups in total. The minimum absolute atomic E-state index is 0.151. The zero-order valence-electron chi connectivity index (χ0n) is 17.4. The highest BCUT2D eigenvalue weighted by atomic mass is 16.5. The number of esters is 1. The molecule has 1 aromatic heterocycles. The standard InChI is InChI=1S/C23H27N3O3/c1-5-7-13-25(6-2)23-24-20-15-17(22(28)29-4)11-12-19(20)21(27)26(23)18-10-8-9-16(3)14-18/h8-12,14-15H,5-7,13H2,1-4H3. The number of aryl methyl sites for hydroxylation is 1. The van der Waals surface area contributed by atoms with Crippen LogP contribution >= 0.6 is 0 Å². The van der Waals surface area contributed by atoms with Crippen LogP contribution < -0.4 is 10.5 Å². The molecule has 0 atom stereocenters. The zero-order valence-corrected chi connectivity index (χ0v) is 17.4. The maximum Gasteiger partial charge on any atom is 0.337 e. The summed E-state index contributed by atoms with van der Waals surface area (Å²) in [5.74, 6) is 0.141. The molecule has 0 amide bonds. The molecule has 0 radical (unpaired) electrons. The average molecular weight is 393 g/mol. The van der Waals surface area contributed by atoms with Gasteiger partial charge in [0.1, 0.15) is 0 Å². The molecule has 3 aromatic rings. The van der Waals surface area contributed by atoms with E-state index in [1.165, 1.54) is 7.11 Å². The Morgan fingerprint density at radius 2 is 1.97 bits per heavy atom. The van der Waals surface area contributed by atoms with Gasteiger partial charge in [0.25, 0.3) is 5.56 Å². The molecule has 6 heteroatoms. The number of carbonyl (C=O) groups is 1. The number of hydrogen-bond donors (Lipinski definition) is 0.